The zero-order valence-electron chi connectivity index (χ0n) is 21.5. The van der Waals surface area contributed by atoms with Gasteiger partial charge in [0.15, 0.2) is 11.5 Å². The molecule has 1 amide bonds. The molecule has 3 N–H and O–H groups in total. The number of ether oxygens (including phenoxy) is 2. The van der Waals surface area contributed by atoms with Gasteiger partial charge in [-0.05, 0) is 42.3 Å². The quantitative estimate of drug-likeness (QED) is 0.315. The normalized spacial score (nSPS) is 16.4. The molecule has 2 unspecified atom stereocenters. The molecule has 10 nitrogen and oxygen atoms in total. The summed E-state index contributed by atoms with van der Waals surface area (Å²) in [6.45, 7) is 1.72. The molecule has 204 valence electrons. The summed E-state index contributed by atoms with van der Waals surface area (Å²) in [4.78, 5) is 16.1. The maximum atomic E-state index is 13.5. The van der Waals surface area contributed by atoms with Crippen LogP contribution in [0.1, 0.15) is 24.0 Å². The van der Waals surface area contributed by atoms with Gasteiger partial charge in [0, 0.05) is 17.0 Å². The van der Waals surface area contributed by atoms with Crippen molar-refractivity contribution in [2.75, 3.05) is 20.8 Å². The molecule has 0 saturated carbocycles. The number of hydrogen-bond acceptors (Lipinski definition) is 7. The molecule has 12 heteroatoms. The summed E-state index contributed by atoms with van der Waals surface area (Å²) in [6, 6.07) is 20.0. The van der Waals surface area contributed by atoms with Crippen LogP contribution in [-0.4, -0.2) is 57.8 Å². The number of halogens is 1. The number of amides is 1. The SMILES string of the molecule is COc1ccc(S(=O)(=O)NC(=NC(C)C(N)=O)N2CC(c3ccccc3)C(c3ccc(Cl)cc3)=N2)cc1OC. The van der Waals surface area contributed by atoms with Crippen molar-refractivity contribution in [3.8, 4) is 11.5 Å². The molecule has 4 rings (SSSR count). The minimum atomic E-state index is -4.19. The highest BCUT2D eigenvalue weighted by atomic mass is 35.5. The van der Waals surface area contributed by atoms with Crippen molar-refractivity contribution in [2.45, 2.75) is 23.8 Å². The van der Waals surface area contributed by atoms with Gasteiger partial charge in [0.2, 0.25) is 11.9 Å². The lowest BCUT2D eigenvalue weighted by Gasteiger charge is -2.21. The van der Waals surface area contributed by atoms with Gasteiger partial charge in [0.05, 0.1) is 31.4 Å². The molecule has 1 aliphatic rings. The lowest BCUT2D eigenvalue weighted by molar-refractivity contribution is -0.118. The third kappa shape index (κ3) is 6.32. The van der Waals surface area contributed by atoms with Gasteiger partial charge in [0.1, 0.15) is 6.04 Å². The minimum Gasteiger partial charge on any atom is -0.493 e. The Kier molecular flexibility index (Phi) is 8.41. The number of benzene rings is 3. The maximum absolute atomic E-state index is 13.5. The van der Waals surface area contributed by atoms with Crippen molar-refractivity contribution in [1.82, 2.24) is 9.73 Å². The first-order valence-electron chi connectivity index (χ1n) is 11.9. The van der Waals surface area contributed by atoms with Crippen LogP contribution < -0.4 is 19.9 Å². The average Bonchev–Trinajstić information content (AvgIpc) is 3.38. The Hall–Kier alpha value is -4.09. The highest BCUT2D eigenvalue weighted by Crippen LogP contribution is 2.31. The number of carbonyl (C=O) groups is 1. The summed E-state index contributed by atoms with van der Waals surface area (Å²) < 4.78 is 39.9. The molecule has 0 fully saturated rings. The molecule has 0 bridgehead atoms. The fourth-order valence-corrected chi connectivity index (χ4v) is 5.17. The number of primary amides is 1. The number of hydrogen-bond donors (Lipinski definition) is 2. The van der Waals surface area contributed by atoms with Gasteiger partial charge >= 0.3 is 0 Å². The number of hydrazone groups is 1. The Morgan fingerprint density at radius 1 is 1.08 bits per heavy atom. The molecular formula is C27H28ClN5O5S. The Balaban J connectivity index is 1.77. The first kappa shape index (κ1) is 27.9. The van der Waals surface area contributed by atoms with E-state index in [0.29, 0.717) is 16.5 Å². The summed E-state index contributed by atoms with van der Waals surface area (Å²) in [5, 5.41) is 6.75. The molecule has 39 heavy (non-hydrogen) atoms. The van der Waals surface area contributed by atoms with E-state index >= 15 is 0 Å². The Bertz CT molecular complexity index is 1510. The van der Waals surface area contributed by atoms with Gasteiger partial charge in [-0.3, -0.25) is 4.79 Å². The van der Waals surface area contributed by atoms with Crippen molar-refractivity contribution in [2.24, 2.45) is 15.8 Å². The molecule has 0 radical (unpaired) electrons. The van der Waals surface area contributed by atoms with E-state index in [1.165, 1.54) is 44.4 Å². The van der Waals surface area contributed by atoms with Gasteiger partial charge in [-0.15, -0.1) is 0 Å². The minimum absolute atomic E-state index is 0.0970. The largest absolute Gasteiger partial charge is 0.493 e. The Labute approximate surface area is 232 Å². The molecule has 2 atom stereocenters. The van der Waals surface area contributed by atoms with Gasteiger partial charge in [-0.2, -0.15) is 5.10 Å². The maximum Gasteiger partial charge on any atom is 0.264 e. The molecule has 3 aromatic carbocycles. The summed E-state index contributed by atoms with van der Waals surface area (Å²) in [5.74, 6) is -0.501. The third-order valence-electron chi connectivity index (χ3n) is 6.12. The molecule has 1 heterocycles. The van der Waals surface area contributed by atoms with Crippen LogP contribution in [0.2, 0.25) is 5.02 Å². The van der Waals surface area contributed by atoms with Gasteiger partial charge in [0.25, 0.3) is 10.0 Å². The fraction of sp³-hybridized carbons (Fsp3) is 0.222. The second-order valence-corrected chi connectivity index (χ2v) is 10.8. The van der Waals surface area contributed by atoms with Crippen LogP contribution in [0.15, 0.2) is 87.8 Å². The summed E-state index contributed by atoms with van der Waals surface area (Å²) >= 11 is 6.10. The van der Waals surface area contributed by atoms with Crippen molar-refractivity contribution >= 4 is 39.2 Å². The van der Waals surface area contributed by atoms with Crippen LogP contribution >= 0.6 is 11.6 Å². The van der Waals surface area contributed by atoms with Gasteiger partial charge in [-0.1, -0.05) is 54.1 Å². The molecular weight excluding hydrogens is 542 g/mol. The summed E-state index contributed by atoms with van der Waals surface area (Å²) in [7, 11) is -1.33. The second kappa shape index (κ2) is 11.7. The van der Waals surface area contributed by atoms with Crippen molar-refractivity contribution in [3.63, 3.8) is 0 Å². The van der Waals surface area contributed by atoms with E-state index in [9.17, 15) is 13.2 Å². The number of sulfonamides is 1. The number of nitrogens with zero attached hydrogens (tertiary/aromatic N) is 3. The van der Waals surface area contributed by atoms with Crippen LogP contribution in [0, 0.1) is 0 Å². The van der Waals surface area contributed by atoms with Crippen LogP contribution in [0.5, 0.6) is 11.5 Å². The van der Waals surface area contributed by atoms with E-state index in [4.69, 9.17) is 31.9 Å². The molecule has 0 aliphatic carbocycles. The highest BCUT2D eigenvalue weighted by Gasteiger charge is 2.33. The van der Waals surface area contributed by atoms with E-state index in [-0.39, 0.29) is 29.1 Å². The van der Waals surface area contributed by atoms with E-state index in [0.717, 1.165) is 11.1 Å². The number of methoxy groups -OCH3 is 2. The van der Waals surface area contributed by atoms with Crippen molar-refractivity contribution in [1.29, 1.82) is 0 Å². The number of carbonyl (C=O) groups excluding carboxylic acids is 1. The van der Waals surface area contributed by atoms with E-state index in [1.54, 1.807) is 12.1 Å². The number of aliphatic imine (C=N–C) groups is 1. The number of nitrogens with two attached hydrogens (primary N) is 1. The van der Waals surface area contributed by atoms with E-state index in [2.05, 4.69) is 9.71 Å². The predicted octanol–water partition coefficient (Wildman–Crippen LogP) is 3.37. The third-order valence-corrected chi connectivity index (χ3v) is 7.70. The summed E-state index contributed by atoms with van der Waals surface area (Å²) in [5.41, 5.74) is 7.92. The molecule has 0 aromatic heterocycles. The molecule has 0 spiro atoms. The smallest absolute Gasteiger partial charge is 0.264 e. The first-order valence-corrected chi connectivity index (χ1v) is 13.8. The van der Waals surface area contributed by atoms with Crippen LogP contribution in [0.4, 0.5) is 0 Å². The van der Waals surface area contributed by atoms with Crippen LogP contribution in [0.3, 0.4) is 0 Å². The topological polar surface area (TPSA) is 136 Å². The van der Waals surface area contributed by atoms with E-state index in [1.807, 2.05) is 42.5 Å². The Morgan fingerprint density at radius 3 is 2.36 bits per heavy atom. The molecule has 0 saturated heterocycles. The second-order valence-electron chi connectivity index (χ2n) is 8.69. The first-order chi connectivity index (χ1) is 18.6. The number of nitrogens with one attached hydrogen (secondary N) is 1. The number of guanidine groups is 1. The zero-order valence-corrected chi connectivity index (χ0v) is 23.1. The van der Waals surface area contributed by atoms with Crippen LogP contribution in [0.25, 0.3) is 0 Å². The van der Waals surface area contributed by atoms with E-state index < -0.39 is 22.0 Å². The standard InChI is InChI=1S/C27H28ClN5O5S/c1-17(26(29)34)30-27(32-39(35,36)21-13-14-23(37-2)24(15-21)38-3)33-16-22(18-7-5-4-6-8-18)25(31-33)19-9-11-20(28)12-10-19/h4-15,17,22H,16H2,1-3H3,(H2,29,34)(H,30,32). The lowest BCUT2D eigenvalue weighted by atomic mass is 9.91. The zero-order chi connectivity index (χ0) is 28.2. The Morgan fingerprint density at radius 2 is 1.74 bits per heavy atom. The highest BCUT2D eigenvalue weighted by molar-refractivity contribution is 7.90. The number of rotatable bonds is 8. The predicted molar refractivity (Wildman–Crippen MR) is 150 cm³/mol. The molecule has 3 aromatic rings. The van der Waals surface area contributed by atoms with Crippen molar-refractivity contribution < 1.29 is 22.7 Å². The average molecular weight is 570 g/mol. The lowest BCUT2D eigenvalue weighted by Crippen LogP contribution is -2.43. The molecule has 1 aliphatic heterocycles. The van der Waals surface area contributed by atoms with Gasteiger partial charge < -0.3 is 15.2 Å². The monoisotopic (exact) mass is 569 g/mol. The summed E-state index contributed by atoms with van der Waals surface area (Å²) in [6.07, 6.45) is 0. The van der Waals surface area contributed by atoms with Crippen LogP contribution in [-0.2, 0) is 14.8 Å². The van der Waals surface area contributed by atoms with Gasteiger partial charge in [-0.25, -0.2) is 23.1 Å². The van der Waals surface area contributed by atoms with Crippen molar-refractivity contribution in [3.05, 3.63) is 88.9 Å². The fourth-order valence-electron chi connectivity index (χ4n) is 4.02.